The van der Waals surface area contributed by atoms with E-state index in [1.807, 2.05) is 6.92 Å². The van der Waals surface area contributed by atoms with Crippen molar-refractivity contribution in [1.29, 1.82) is 0 Å². The molecule has 60 valence electrons. The van der Waals surface area contributed by atoms with Crippen molar-refractivity contribution in [2.24, 2.45) is 0 Å². The Morgan fingerprint density at radius 1 is 1.73 bits per heavy atom. The minimum absolute atomic E-state index is 0.263. The van der Waals surface area contributed by atoms with Crippen molar-refractivity contribution in [3.8, 4) is 0 Å². The molecule has 5 heteroatoms. The molecule has 0 spiro atoms. The largest absolute Gasteiger partial charge is 0.385 e. The third-order valence-corrected chi connectivity index (χ3v) is 2.25. The second-order valence-electron chi connectivity index (χ2n) is 2.78. The summed E-state index contributed by atoms with van der Waals surface area (Å²) in [5, 5.41) is 13.5. The summed E-state index contributed by atoms with van der Waals surface area (Å²) in [7, 11) is 0. The Labute approximate surface area is 72.4 Å². The van der Waals surface area contributed by atoms with Gasteiger partial charge in [-0.3, -0.25) is 0 Å². The van der Waals surface area contributed by atoms with E-state index in [2.05, 4.69) is 26.0 Å². The van der Waals surface area contributed by atoms with Gasteiger partial charge >= 0.3 is 0 Å². The molecule has 1 aromatic heterocycles. The van der Waals surface area contributed by atoms with Gasteiger partial charge < -0.3 is 5.11 Å². The van der Waals surface area contributed by atoms with Gasteiger partial charge in [-0.1, -0.05) is 0 Å². The predicted octanol–water partition coefficient (Wildman–Crippen LogP) is 1.04. The Hall–Kier alpha value is -0.420. The summed E-state index contributed by atoms with van der Waals surface area (Å²) >= 11 is 3.16. The number of fused-ring (bicyclic) bond motifs is 1. The van der Waals surface area contributed by atoms with Crippen molar-refractivity contribution in [1.82, 2.24) is 14.8 Å². The Bertz CT molecular complexity index is 260. The second-order valence-corrected chi connectivity index (χ2v) is 3.49. The number of hydrogen-bond donors (Lipinski definition) is 1. The second kappa shape index (κ2) is 2.28. The lowest BCUT2D eigenvalue weighted by Gasteiger charge is -2.00. The Balaban J connectivity index is 2.50. The summed E-state index contributed by atoms with van der Waals surface area (Å²) in [6.07, 6.45) is 0.284. The average molecular weight is 218 g/mol. The van der Waals surface area contributed by atoms with Crippen LogP contribution in [-0.2, 0) is 0 Å². The van der Waals surface area contributed by atoms with E-state index in [1.54, 1.807) is 4.68 Å². The molecule has 2 rings (SSSR count). The third kappa shape index (κ3) is 0.990. The van der Waals surface area contributed by atoms with Crippen LogP contribution in [0.4, 0.5) is 0 Å². The zero-order valence-corrected chi connectivity index (χ0v) is 7.61. The highest BCUT2D eigenvalue weighted by Gasteiger charge is 2.29. The highest BCUT2D eigenvalue weighted by Crippen LogP contribution is 2.32. The topological polar surface area (TPSA) is 50.9 Å². The lowest BCUT2D eigenvalue weighted by Crippen LogP contribution is -2.00. The summed E-state index contributed by atoms with van der Waals surface area (Å²) in [5.74, 6) is 0.671. The summed E-state index contributed by atoms with van der Waals surface area (Å²) in [5.41, 5.74) is 0. The molecular formula is C6H8BrN3O. The average Bonchev–Trinajstić information content (AvgIpc) is 2.38. The molecule has 4 nitrogen and oxygen atoms in total. The molecule has 0 aromatic carbocycles. The molecule has 0 fully saturated rings. The van der Waals surface area contributed by atoms with Crippen LogP contribution in [0.2, 0.25) is 0 Å². The molecule has 2 heterocycles. The van der Waals surface area contributed by atoms with Crippen LogP contribution in [0.15, 0.2) is 4.73 Å². The van der Waals surface area contributed by atoms with Crippen LogP contribution in [0.3, 0.4) is 0 Å². The smallest absolute Gasteiger partial charge is 0.217 e. The normalized spacial score (nSPS) is 29.0. The number of halogens is 1. The fourth-order valence-electron chi connectivity index (χ4n) is 1.39. The molecule has 0 aliphatic carbocycles. The van der Waals surface area contributed by atoms with E-state index in [4.69, 9.17) is 0 Å². The van der Waals surface area contributed by atoms with E-state index in [-0.39, 0.29) is 6.04 Å². The fourth-order valence-corrected chi connectivity index (χ4v) is 1.74. The van der Waals surface area contributed by atoms with Crippen LogP contribution in [0.5, 0.6) is 0 Å². The first-order chi connectivity index (χ1) is 5.18. The number of aliphatic hydroxyl groups is 1. The van der Waals surface area contributed by atoms with Gasteiger partial charge in [0.25, 0.3) is 0 Å². The summed E-state index contributed by atoms with van der Waals surface area (Å²) in [6.45, 7) is 2.01. The molecule has 11 heavy (non-hydrogen) atoms. The van der Waals surface area contributed by atoms with Crippen molar-refractivity contribution >= 4 is 15.9 Å². The first-order valence-electron chi connectivity index (χ1n) is 3.48. The number of nitrogens with zero attached hydrogens (tertiary/aromatic N) is 3. The van der Waals surface area contributed by atoms with Gasteiger partial charge in [0, 0.05) is 6.42 Å². The molecule has 1 N–H and O–H groups in total. The van der Waals surface area contributed by atoms with Crippen LogP contribution in [0, 0.1) is 0 Å². The van der Waals surface area contributed by atoms with Gasteiger partial charge in [0.05, 0.1) is 6.04 Å². The molecule has 1 aliphatic rings. The molecular weight excluding hydrogens is 210 g/mol. The van der Waals surface area contributed by atoms with Gasteiger partial charge in [-0.2, -0.15) is 0 Å². The number of hydrogen-bond acceptors (Lipinski definition) is 3. The van der Waals surface area contributed by atoms with Gasteiger partial charge in [-0.25, -0.2) is 9.67 Å². The summed E-state index contributed by atoms with van der Waals surface area (Å²) in [6, 6.07) is 0.263. The minimum Gasteiger partial charge on any atom is -0.385 e. The van der Waals surface area contributed by atoms with E-state index < -0.39 is 6.10 Å². The molecule has 1 aromatic rings. The van der Waals surface area contributed by atoms with Gasteiger partial charge in [-0.15, -0.1) is 5.10 Å². The number of rotatable bonds is 0. The van der Waals surface area contributed by atoms with E-state index >= 15 is 0 Å². The van der Waals surface area contributed by atoms with Crippen molar-refractivity contribution in [3.05, 3.63) is 10.6 Å². The van der Waals surface area contributed by atoms with E-state index in [0.717, 1.165) is 6.42 Å². The molecule has 0 saturated heterocycles. The highest BCUT2D eigenvalue weighted by atomic mass is 79.9. The molecule has 0 saturated carbocycles. The fraction of sp³-hybridized carbons (Fsp3) is 0.667. The van der Waals surface area contributed by atoms with Crippen molar-refractivity contribution < 1.29 is 5.11 Å². The number of aliphatic hydroxyl groups excluding tert-OH is 1. The molecule has 0 amide bonds. The monoisotopic (exact) mass is 217 g/mol. The quantitative estimate of drug-likeness (QED) is 0.707. The standard InChI is InChI=1S/C6H8BrN3O/c1-3-2-4(11)5-8-6(7)9-10(3)5/h3-4,11H,2H2,1H3. The van der Waals surface area contributed by atoms with Crippen LogP contribution >= 0.6 is 15.9 Å². The number of aromatic nitrogens is 3. The van der Waals surface area contributed by atoms with Crippen LogP contribution in [0.25, 0.3) is 0 Å². The predicted molar refractivity (Wildman–Crippen MR) is 42.0 cm³/mol. The van der Waals surface area contributed by atoms with Gasteiger partial charge in [-0.05, 0) is 22.9 Å². The molecule has 1 aliphatic heterocycles. The minimum atomic E-state index is -0.441. The van der Waals surface area contributed by atoms with Gasteiger partial charge in [0.15, 0.2) is 5.82 Å². The zero-order valence-electron chi connectivity index (χ0n) is 6.03. The van der Waals surface area contributed by atoms with Crippen molar-refractivity contribution in [2.75, 3.05) is 0 Å². The maximum atomic E-state index is 9.42. The van der Waals surface area contributed by atoms with Gasteiger partial charge in [0.1, 0.15) is 6.10 Å². The van der Waals surface area contributed by atoms with Gasteiger partial charge in [0.2, 0.25) is 4.73 Å². The zero-order chi connectivity index (χ0) is 8.01. The Kier molecular flexibility index (Phi) is 1.50. The lowest BCUT2D eigenvalue weighted by atomic mass is 10.2. The molecule has 2 atom stereocenters. The molecule has 0 bridgehead atoms. The maximum absolute atomic E-state index is 9.42. The van der Waals surface area contributed by atoms with Crippen LogP contribution in [0.1, 0.15) is 31.3 Å². The lowest BCUT2D eigenvalue weighted by molar-refractivity contribution is 0.170. The van der Waals surface area contributed by atoms with Crippen molar-refractivity contribution in [3.63, 3.8) is 0 Å². The first-order valence-corrected chi connectivity index (χ1v) is 4.28. The molecule has 2 unspecified atom stereocenters. The van der Waals surface area contributed by atoms with E-state index in [1.165, 1.54) is 0 Å². The third-order valence-electron chi connectivity index (χ3n) is 1.91. The first kappa shape index (κ1) is 7.24. The summed E-state index contributed by atoms with van der Waals surface area (Å²) < 4.78 is 2.31. The summed E-state index contributed by atoms with van der Waals surface area (Å²) in [4.78, 5) is 4.04. The van der Waals surface area contributed by atoms with E-state index in [0.29, 0.717) is 10.6 Å². The van der Waals surface area contributed by atoms with Crippen LogP contribution in [-0.4, -0.2) is 19.9 Å². The van der Waals surface area contributed by atoms with E-state index in [9.17, 15) is 5.11 Å². The molecule has 0 radical (unpaired) electrons. The SMILES string of the molecule is CC1CC(O)c2nc(Br)nn21. The van der Waals surface area contributed by atoms with Crippen molar-refractivity contribution in [2.45, 2.75) is 25.5 Å². The Morgan fingerprint density at radius 3 is 3.09 bits per heavy atom. The maximum Gasteiger partial charge on any atom is 0.217 e. The Morgan fingerprint density at radius 2 is 2.45 bits per heavy atom. The highest BCUT2D eigenvalue weighted by molar-refractivity contribution is 9.10. The van der Waals surface area contributed by atoms with Crippen LogP contribution < -0.4 is 0 Å².